The van der Waals surface area contributed by atoms with E-state index >= 15 is 0 Å². The minimum absolute atomic E-state index is 0.0153. The van der Waals surface area contributed by atoms with Crippen LogP contribution in [0.25, 0.3) is 11.1 Å². The summed E-state index contributed by atoms with van der Waals surface area (Å²) in [7, 11) is 0. The fraction of sp³-hybridized carbons (Fsp3) is 0.312. The van der Waals surface area contributed by atoms with Crippen LogP contribution in [0.1, 0.15) is 36.0 Å². The lowest BCUT2D eigenvalue weighted by atomic mass is 9.86. The summed E-state index contributed by atoms with van der Waals surface area (Å²) in [6, 6.07) is 8.61. The van der Waals surface area contributed by atoms with Crippen molar-refractivity contribution in [1.82, 2.24) is 4.98 Å². The molecule has 0 fully saturated rings. The van der Waals surface area contributed by atoms with Gasteiger partial charge in [-0.25, -0.2) is 4.98 Å². The van der Waals surface area contributed by atoms with Crippen LogP contribution in [-0.2, 0) is 5.41 Å². The Morgan fingerprint density at radius 3 is 2.39 bits per heavy atom. The van der Waals surface area contributed by atoms with Crippen molar-refractivity contribution in [2.24, 2.45) is 0 Å². The Labute approximate surface area is 112 Å². The van der Waals surface area contributed by atoms with Gasteiger partial charge in [-0.1, -0.05) is 45.0 Å². The van der Waals surface area contributed by atoms with Gasteiger partial charge < -0.3 is 0 Å². The van der Waals surface area contributed by atoms with Crippen molar-refractivity contribution in [2.45, 2.75) is 33.0 Å². The van der Waals surface area contributed by atoms with Gasteiger partial charge >= 0.3 is 0 Å². The lowest BCUT2D eigenvalue weighted by Crippen LogP contribution is -2.10. The molecule has 0 aliphatic rings. The number of halogens is 1. The number of nitrogens with zero attached hydrogens (tertiary/aromatic N) is 1. The average Bonchev–Trinajstić information content (AvgIpc) is 2.37. The summed E-state index contributed by atoms with van der Waals surface area (Å²) in [6.07, 6.45) is 1.28. The zero-order chi connectivity index (χ0) is 15.8. The lowest BCUT2D eigenvalue weighted by Gasteiger charge is -2.19. The highest BCUT2D eigenvalue weighted by molar-refractivity contribution is 5.66. The van der Waals surface area contributed by atoms with Crippen LogP contribution in [0.3, 0.4) is 0 Å². The fourth-order valence-corrected chi connectivity index (χ4v) is 1.81. The molecule has 0 amide bonds. The van der Waals surface area contributed by atoms with Gasteiger partial charge in [0.2, 0.25) is 5.95 Å². The smallest absolute Gasteiger partial charge is 0.213 e. The van der Waals surface area contributed by atoms with Gasteiger partial charge in [-0.05, 0) is 35.0 Å². The van der Waals surface area contributed by atoms with Crippen LogP contribution < -0.4 is 0 Å². The molecule has 2 aromatic rings. The standard InChI is InChI=1S/C16H18FN/c1-11-9-15(17)18-10-14(11)12-5-7-13(8-6-12)16(2,3)4/h5-10H,1-4H3/i1D3. The van der Waals surface area contributed by atoms with Gasteiger partial charge in [-0.3, -0.25) is 0 Å². The van der Waals surface area contributed by atoms with E-state index in [1.807, 2.05) is 24.3 Å². The van der Waals surface area contributed by atoms with Gasteiger partial charge in [-0.15, -0.1) is 0 Å². The molecule has 0 saturated carbocycles. The molecule has 18 heavy (non-hydrogen) atoms. The Balaban J connectivity index is 2.52. The molecule has 0 atom stereocenters. The number of aryl methyl sites for hydroxylation is 1. The Morgan fingerprint density at radius 1 is 1.17 bits per heavy atom. The number of hydrogen-bond acceptors (Lipinski definition) is 1. The zero-order valence-electron chi connectivity index (χ0n) is 13.8. The first-order valence-corrected chi connectivity index (χ1v) is 5.86. The van der Waals surface area contributed by atoms with Crippen molar-refractivity contribution in [3.63, 3.8) is 0 Å². The molecule has 1 aromatic heterocycles. The number of aromatic nitrogens is 1. The third-order valence-electron chi connectivity index (χ3n) is 2.93. The predicted octanol–water partition coefficient (Wildman–Crippen LogP) is 4.49. The van der Waals surface area contributed by atoms with Crippen molar-refractivity contribution >= 4 is 0 Å². The molecule has 0 saturated heterocycles. The zero-order valence-corrected chi connectivity index (χ0v) is 10.8. The highest BCUT2D eigenvalue weighted by Gasteiger charge is 2.13. The van der Waals surface area contributed by atoms with E-state index in [-0.39, 0.29) is 11.0 Å². The summed E-state index contributed by atoms with van der Waals surface area (Å²) in [5.74, 6) is -0.781. The van der Waals surface area contributed by atoms with Crippen LogP contribution in [-0.4, -0.2) is 4.98 Å². The van der Waals surface area contributed by atoms with Crippen molar-refractivity contribution in [3.8, 4) is 11.1 Å². The molecule has 0 N–H and O–H groups in total. The summed E-state index contributed by atoms with van der Waals surface area (Å²) in [4.78, 5) is 3.58. The van der Waals surface area contributed by atoms with Gasteiger partial charge in [0.1, 0.15) is 0 Å². The third-order valence-corrected chi connectivity index (χ3v) is 2.93. The molecule has 94 valence electrons. The summed E-state index contributed by atoms with van der Waals surface area (Å²) in [6.45, 7) is 3.95. The maximum absolute atomic E-state index is 13.3. The van der Waals surface area contributed by atoms with E-state index in [4.69, 9.17) is 4.11 Å². The van der Waals surface area contributed by atoms with Crippen molar-refractivity contribution in [2.75, 3.05) is 0 Å². The van der Waals surface area contributed by atoms with Crippen molar-refractivity contribution in [3.05, 3.63) is 53.6 Å². The van der Waals surface area contributed by atoms with Gasteiger partial charge in [0.25, 0.3) is 0 Å². The quantitative estimate of drug-likeness (QED) is 0.675. The van der Waals surface area contributed by atoms with Crippen LogP contribution in [0.5, 0.6) is 0 Å². The molecule has 0 bridgehead atoms. The van der Waals surface area contributed by atoms with Gasteiger partial charge in [0, 0.05) is 15.9 Å². The van der Waals surface area contributed by atoms with E-state index in [1.165, 1.54) is 6.20 Å². The van der Waals surface area contributed by atoms with Crippen LogP contribution in [0.2, 0.25) is 0 Å². The highest BCUT2D eigenvalue weighted by atomic mass is 19.1. The molecule has 0 unspecified atom stereocenters. The SMILES string of the molecule is [2H]C([2H])([2H])c1cc(F)ncc1-c1ccc(C(C)(C)C)cc1. The van der Waals surface area contributed by atoms with Crippen LogP contribution in [0, 0.1) is 12.8 Å². The fourth-order valence-electron chi connectivity index (χ4n) is 1.81. The minimum atomic E-state index is -2.37. The molecule has 0 aliphatic heterocycles. The van der Waals surface area contributed by atoms with Gasteiger partial charge in [0.15, 0.2) is 0 Å². The molecule has 0 spiro atoms. The Kier molecular flexibility index (Phi) is 2.33. The monoisotopic (exact) mass is 246 g/mol. The predicted molar refractivity (Wildman–Crippen MR) is 73.1 cm³/mol. The maximum Gasteiger partial charge on any atom is 0.213 e. The summed E-state index contributed by atoms with van der Waals surface area (Å²) in [5, 5.41) is 0. The first kappa shape index (κ1) is 9.26. The number of benzene rings is 1. The van der Waals surface area contributed by atoms with Gasteiger partial charge in [0.05, 0.1) is 0 Å². The Bertz CT molecular complexity index is 640. The van der Waals surface area contributed by atoms with Crippen LogP contribution in [0.15, 0.2) is 36.5 Å². The summed E-state index contributed by atoms with van der Waals surface area (Å²) in [5.41, 5.74) is 2.32. The number of pyridine rings is 1. The Hall–Kier alpha value is -1.70. The first-order valence-electron chi connectivity index (χ1n) is 7.36. The molecule has 1 aromatic carbocycles. The molecular formula is C16H18FN. The Morgan fingerprint density at radius 2 is 1.83 bits per heavy atom. The maximum atomic E-state index is 13.3. The normalized spacial score (nSPS) is 14.8. The molecular weight excluding hydrogens is 225 g/mol. The van der Waals surface area contributed by atoms with Crippen LogP contribution >= 0.6 is 0 Å². The van der Waals surface area contributed by atoms with E-state index in [9.17, 15) is 4.39 Å². The molecule has 0 radical (unpaired) electrons. The largest absolute Gasteiger partial charge is 0.228 e. The van der Waals surface area contributed by atoms with Crippen molar-refractivity contribution in [1.29, 1.82) is 0 Å². The molecule has 1 nitrogen and oxygen atoms in total. The minimum Gasteiger partial charge on any atom is -0.228 e. The third kappa shape index (κ3) is 2.58. The summed E-state index contributed by atoms with van der Waals surface area (Å²) < 4.78 is 35.9. The molecule has 1 heterocycles. The van der Waals surface area contributed by atoms with E-state index in [0.717, 1.165) is 17.2 Å². The molecule has 2 rings (SSSR count). The van der Waals surface area contributed by atoms with E-state index in [2.05, 4.69) is 25.8 Å². The van der Waals surface area contributed by atoms with Crippen LogP contribution in [0.4, 0.5) is 4.39 Å². The average molecular weight is 246 g/mol. The van der Waals surface area contributed by atoms with E-state index < -0.39 is 12.8 Å². The first-order chi connectivity index (χ1) is 9.59. The van der Waals surface area contributed by atoms with Gasteiger partial charge in [-0.2, -0.15) is 4.39 Å². The number of hydrogen-bond donors (Lipinski definition) is 0. The molecule has 2 heteroatoms. The second-order valence-electron chi connectivity index (χ2n) is 5.38. The lowest BCUT2D eigenvalue weighted by molar-refractivity contribution is 0.583. The highest BCUT2D eigenvalue weighted by Crippen LogP contribution is 2.27. The molecule has 0 aliphatic carbocycles. The summed E-state index contributed by atoms with van der Waals surface area (Å²) >= 11 is 0. The van der Waals surface area contributed by atoms with Crippen molar-refractivity contribution < 1.29 is 8.50 Å². The second kappa shape index (κ2) is 4.52. The van der Waals surface area contributed by atoms with E-state index in [0.29, 0.717) is 5.56 Å². The number of rotatable bonds is 1. The second-order valence-corrected chi connectivity index (χ2v) is 5.38. The van der Waals surface area contributed by atoms with E-state index in [1.54, 1.807) is 0 Å². The topological polar surface area (TPSA) is 12.9 Å².